The molecule has 34 heavy (non-hydrogen) atoms. The molecule has 2 N–H and O–H groups in total. The third-order valence-electron chi connectivity index (χ3n) is 5.56. The molecule has 0 saturated carbocycles. The van der Waals surface area contributed by atoms with E-state index in [4.69, 9.17) is 9.72 Å². The summed E-state index contributed by atoms with van der Waals surface area (Å²) < 4.78 is 31.3. The Labute approximate surface area is 203 Å². The van der Waals surface area contributed by atoms with E-state index in [1.807, 2.05) is 6.08 Å². The van der Waals surface area contributed by atoms with Gasteiger partial charge in [0, 0.05) is 36.5 Å². The molecule has 0 aliphatic heterocycles. The zero-order chi connectivity index (χ0) is 25.6. The largest absolute Gasteiger partial charge is 0.393 e. The molecule has 2 aromatic rings. The third kappa shape index (κ3) is 7.84. The molecule has 0 aliphatic carbocycles. The number of hydrogen-bond donors (Lipinski definition) is 2. The number of aliphatic hydroxyl groups excluding tert-OH is 2. The van der Waals surface area contributed by atoms with Crippen molar-refractivity contribution in [2.45, 2.75) is 64.8 Å². The fourth-order valence-corrected chi connectivity index (χ4v) is 5.31. The van der Waals surface area contributed by atoms with Crippen molar-refractivity contribution in [2.75, 3.05) is 26.6 Å². The highest BCUT2D eigenvalue weighted by Crippen LogP contribution is 2.39. The van der Waals surface area contributed by atoms with E-state index in [9.17, 15) is 19.2 Å². The lowest BCUT2D eigenvalue weighted by Crippen LogP contribution is -2.19. The van der Waals surface area contributed by atoms with Gasteiger partial charge in [0.1, 0.15) is 5.82 Å². The second kappa shape index (κ2) is 12.2. The van der Waals surface area contributed by atoms with E-state index in [1.165, 1.54) is 12.1 Å². The first kappa shape index (κ1) is 28.4. The molecule has 0 radical (unpaired) electrons. The lowest BCUT2D eigenvalue weighted by molar-refractivity contribution is 0.118. The molecule has 5 nitrogen and oxygen atoms in total. The molecule has 188 valence electrons. The summed E-state index contributed by atoms with van der Waals surface area (Å²) in [4.78, 5) is 5.01. The number of rotatable bonds is 11. The normalized spacial score (nSPS) is 14.4. The molecule has 1 aromatic heterocycles. The maximum atomic E-state index is 13.7. The molecule has 1 aromatic carbocycles. The predicted molar refractivity (Wildman–Crippen MR) is 139 cm³/mol. The third-order valence-corrected chi connectivity index (χ3v) is 6.86. The van der Waals surface area contributed by atoms with E-state index in [0.717, 1.165) is 33.6 Å². The van der Waals surface area contributed by atoms with E-state index in [-0.39, 0.29) is 30.2 Å². The van der Waals surface area contributed by atoms with E-state index in [2.05, 4.69) is 27.7 Å². The van der Waals surface area contributed by atoms with Crippen LogP contribution >= 0.6 is 7.14 Å². The van der Waals surface area contributed by atoms with Gasteiger partial charge in [0.05, 0.1) is 31.7 Å². The average Bonchev–Trinajstić information content (AvgIpc) is 2.71. The summed E-state index contributed by atoms with van der Waals surface area (Å²) in [6.45, 7) is 11.9. The van der Waals surface area contributed by atoms with E-state index < -0.39 is 19.3 Å². The Hall–Kier alpha value is -1.85. The topological polar surface area (TPSA) is 79.7 Å². The summed E-state index contributed by atoms with van der Waals surface area (Å²) in [5, 5.41) is 20.8. The SMILES string of the molecule is COCc1c(C(C)C)nc(C(C)C)c(/C=C/[C@@H](O)C[C@@H](O)CP(C)(C)=O)c1-c1ccc(F)cc1. The number of aromatic nitrogens is 1. The minimum absolute atomic E-state index is 0.0908. The van der Waals surface area contributed by atoms with Gasteiger partial charge in [-0.2, -0.15) is 0 Å². The first-order valence-corrected chi connectivity index (χ1v) is 14.5. The van der Waals surface area contributed by atoms with Crippen LogP contribution in [-0.2, 0) is 15.9 Å². The van der Waals surface area contributed by atoms with Crippen LogP contribution in [0.2, 0.25) is 0 Å². The number of nitrogens with zero attached hydrogens (tertiary/aromatic N) is 1. The van der Waals surface area contributed by atoms with Crippen molar-refractivity contribution >= 4 is 13.2 Å². The van der Waals surface area contributed by atoms with Crippen molar-refractivity contribution in [3.8, 4) is 11.1 Å². The maximum Gasteiger partial charge on any atom is 0.123 e. The highest BCUT2D eigenvalue weighted by atomic mass is 31.2. The first-order valence-electron chi connectivity index (χ1n) is 11.7. The van der Waals surface area contributed by atoms with Crippen LogP contribution in [0.3, 0.4) is 0 Å². The number of hydrogen-bond acceptors (Lipinski definition) is 5. The van der Waals surface area contributed by atoms with Gasteiger partial charge in [-0.15, -0.1) is 0 Å². The smallest absolute Gasteiger partial charge is 0.123 e. The number of pyridine rings is 1. The van der Waals surface area contributed by atoms with Gasteiger partial charge in [0.25, 0.3) is 0 Å². The van der Waals surface area contributed by atoms with Gasteiger partial charge in [-0.25, -0.2) is 4.39 Å². The predicted octanol–water partition coefficient (Wildman–Crippen LogP) is 6.03. The lowest BCUT2D eigenvalue weighted by Gasteiger charge is -2.23. The molecule has 0 spiro atoms. The van der Waals surface area contributed by atoms with Gasteiger partial charge in [-0.05, 0) is 48.4 Å². The number of methoxy groups -OCH3 is 1. The van der Waals surface area contributed by atoms with Crippen molar-refractivity contribution in [3.05, 3.63) is 58.7 Å². The fourth-order valence-electron chi connectivity index (χ4n) is 4.15. The van der Waals surface area contributed by atoms with Gasteiger partial charge in [-0.1, -0.05) is 52.0 Å². The van der Waals surface area contributed by atoms with Crippen LogP contribution in [0.5, 0.6) is 0 Å². The van der Waals surface area contributed by atoms with Crippen molar-refractivity contribution < 1.29 is 23.9 Å². The van der Waals surface area contributed by atoms with Crippen LogP contribution in [-0.4, -0.2) is 54.0 Å². The molecule has 7 heteroatoms. The Morgan fingerprint density at radius 1 is 1.06 bits per heavy atom. The van der Waals surface area contributed by atoms with Crippen molar-refractivity contribution in [1.29, 1.82) is 0 Å². The molecule has 2 rings (SSSR count). The highest BCUT2D eigenvalue weighted by Gasteiger charge is 2.23. The minimum atomic E-state index is -2.40. The fraction of sp³-hybridized carbons (Fsp3) is 0.519. The van der Waals surface area contributed by atoms with Crippen LogP contribution in [0.25, 0.3) is 17.2 Å². The maximum absolute atomic E-state index is 13.7. The number of aliphatic hydroxyl groups is 2. The van der Waals surface area contributed by atoms with Crippen LogP contribution in [0.1, 0.15) is 68.5 Å². The van der Waals surface area contributed by atoms with E-state index in [1.54, 1.807) is 38.6 Å². The van der Waals surface area contributed by atoms with Crippen LogP contribution in [0, 0.1) is 5.82 Å². The Bertz CT molecular complexity index is 1030. The molecule has 2 atom stereocenters. The molecule has 0 unspecified atom stereocenters. The Kier molecular flexibility index (Phi) is 10.2. The van der Waals surface area contributed by atoms with Crippen molar-refractivity contribution in [3.63, 3.8) is 0 Å². The Morgan fingerprint density at radius 2 is 1.65 bits per heavy atom. The molecule has 0 aliphatic rings. The molecule has 0 saturated heterocycles. The molecular weight excluding hydrogens is 452 g/mol. The second-order valence-electron chi connectivity index (χ2n) is 9.97. The van der Waals surface area contributed by atoms with Crippen LogP contribution in [0.4, 0.5) is 4.39 Å². The number of benzene rings is 1. The molecule has 0 amide bonds. The van der Waals surface area contributed by atoms with Gasteiger partial charge >= 0.3 is 0 Å². The van der Waals surface area contributed by atoms with Gasteiger partial charge in [0.2, 0.25) is 0 Å². The summed E-state index contributed by atoms with van der Waals surface area (Å²) in [5.74, 6) is -0.0639. The van der Waals surface area contributed by atoms with Crippen molar-refractivity contribution in [2.24, 2.45) is 0 Å². The van der Waals surface area contributed by atoms with Gasteiger partial charge < -0.3 is 19.5 Å². The first-order chi connectivity index (χ1) is 15.8. The van der Waals surface area contributed by atoms with Gasteiger partial charge in [0.15, 0.2) is 0 Å². The summed E-state index contributed by atoms with van der Waals surface area (Å²) >= 11 is 0. The summed E-state index contributed by atoms with van der Waals surface area (Å²) in [6, 6.07) is 6.36. The molecular formula is C27H39FNO4P. The molecule has 0 fully saturated rings. The van der Waals surface area contributed by atoms with Crippen LogP contribution in [0.15, 0.2) is 30.3 Å². The number of halogens is 1. The molecule has 1 heterocycles. The second-order valence-corrected chi connectivity index (χ2v) is 13.5. The summed E-state index contributed by atoms with van der Waals surface area (Å²) in [7, 11) is -0.762. The summed E-state index contributed by atoms with van der Waals surface area (Å²) in [5.41, 5.74) is 5.31. The quantitative estimate of drug-likeness (QED) is 0.375. The van der Waals surface area contributed by atoms with E-state index in [0.29, 0.717) is 6.61 Å². The zero-order valence-corrected chi connectivity index (χ0v) is 22.3. The Balaban J connectivity index is 2.66. The van der Waals surface area contributed by atoms with Gasteiger partial charge in [-0.3, -0.25) is 4.98 Å². The Morgan fingerprint density at radius 3 is 2.15 bits per heavy atom. The monoisotopic (exact) mass is 491 g/mol. The van der Waals surface area contributed by atoms with E-state index >= 15 is 0 Å². The standard InChI is InChI=1S/C27H39FNO4P/c1-17(2)26-23(13-12-21(30)14-22(31)16-34(6,7)32)25(19-8-10-20(28)11-9-19)24(15-33-5)27(29-26)18(3)4/h8-13,17-18,21-22,30-31H,14-16H2,1-7H3/b13-12+/t21-,22-/m1/s1. The molecule has 0 bridgehead atoms. The minimum Gasteiger partial charge on any atom is -0.393 e. The summed E-state index contributed by atoms with van der Waals surface area (Å²) in [6.07, 6.45) is 1.96. The van der Waals surface area contributed by atoms with Crippen molar-refractivity contribution in [1.82, 2.24) is 4.98 Å². The lowest BCUT2D eigenvalue weighted by atomic mass is 9.87. The highest BCUT2D eigenvalue weighted by molar-refractivity contribution is 7.62. The average molecular weight is 492 g/mol. The zero-order valence-electron chi connectivity index (χ0n) is 21.4. The van der Waals surface area contributed by atoms with Crippen LogP contribution < -0.4 is 0 Å². The number of ether oxygens (including phenoxy) is 1.